The molecule has 0 atom stereocenters. The monoisotopic (exact) mass is 198 g/mol. The van der Waals surface area contributed by atoms with E-state index in [0.29, 0.717) is 0 Å². The van der Waals surface area contributed by atoms with Crippen molar-refractivity contribution in [3.63, 3.8) is 0 Å². The summed E-state index contributed by atoms with van der Waals surface area (Å²) in [6, 6.07) is 4.31. The van der Waals surface area contributed by atoms with E-state index < -0.39 is 0 Å². The molecule has 3 heteroatoms. The molecule has 0 radical (unpaired) electrons. The third-order valence-electron chi connectivity index (χ3n) is 1.91. The Morgan fingerprint density at radius 3 is 2.92 bits per heavy atom. The quantitative estimate of drug-likeness (QED) is 0.649. The zero-order valence-electron chi connectivity index (χ0n) is 8.18. The first-order valence-corrected chi connectivity index (χ1v) is 5.69. The molecular formula is C10H18N2S. The first kappa shape index (κ1) is 10.7. The minimum absolute atomic E-state index is 1.10. The van der Waals surface area contributed by atoms with Crippen LogP contribution in [-0.4, -0.2) is 26.7 Å². The van der Waals surface area contributed by atoms with Crippen molar-refractivity contribution in [1.82, 2.24) is 10.6 Å². The maximum Gasteiger partial charge on any atom is 0.00578 e. The predicted octanol–water partition coefficient (Wildman–Crippen LogP) is 1.49. The van der Waals surface area contributed by atoms with E-state index in [-0.39, 0.29) is 0 Å². The van der Waals surface area contributed by atoms with E-state index in [1.54, 1.807) is 0 Å². The van der Waals surface area contributed by atoms with Gasteiger partial charge < -0.3 is 10.6 Å². The maximum atomic E-state index is 3.43. The Balaban J connectivity index is 1.90. The number of hydrogen-bond donors (Lipinski definition) is 2. The van der Waals surface area contributed by atoms with E-state index in [2.05, 4.69) is 28.1 Å². The summed E-state index contributed by atoms with van der Waals surface area (Å²) in [7, 11) is 1.99. The Bertz CT molecular complexity index is 197. The molecule has 0 aliphatic carbocycles. The molecule has 0 aromatic carbocycles. The van der Waals surface area contributed by atoms with Crippen LogP contribution in [0.3, 0.4) is 0 Å². The Labute approximate surface area is 84.4 Å². The van der Waals surface area contributed by atoms with Crippen molar-refractivity contribution < 1.29 is 0 Å². The fourth-order valence-electron chi connectivity index (χ4n) is 1.18. The zero-order chi connectivity index (χ0) is 9.36. The van der Waals surface area contributed by atoms with E-state index in [1.807, 2.05) is 18.4 Å². The van der Waals surface area contributed by atoms with Gasteiger partial charge in [0.15, 0.2) is 0 Å². The second-order valence-corrected chi connectivity index (χ2v) is 4.07. The summed E-state index contributed by atoms with van der Waals surface area (Å²) in [5, 5.41) is 8.69. The molecule has 0 unspecified atom stereocenters. The predicted molar refractivity (Wildman–Crippen MR) is 59.4 cm³/mol. The molecule has 2 nitrogen and oxygen atoms in total. The van der Waals surface area contributed by atoms with Crippen LogP contribution in [0.1, 0.15) is 11.3 Å². The van der Waals surface area contributed by atoms with Gasteiger partial charge in [0, 0.05) is 4.88 Å². The SMILES string of the molecule is CNCCCNCCc1cccs1. The van der Waals surface area contributed by atoms with E-state index in [4.69, 9.17) is 0 Å². The topological polar surface area (TPSA) is 24.1 Å². The van der Waals surface area contributed by atoms with Crippen LogP contribution in [0.2, 0.25) is 0 Å². The van der Waals surface area contributed by atoms with E-state index in [9.17, 15) is 0 Å². The molecule has 0 fully saturated rings. The first-order chi connectivity index (χ1) is 6.43. The molecule has 0 aliphatic rings. The fourth-order valence-corrected chi connectivity index (χ4v) is 1.89. The fraction of sp³-hybridized carbons (Fsp3) is 0.600. The molecule has 0 bridgehead atoms. The van der Waals surface area contributed by atoms with E-state index in [0.717, 1.165) is 26.1 Å². The minimum Gasteiger partial charge on any atom is -0.320 e. The van der Waals surface area contributed by atoms with Gasteiger partial charge in [-0.1, -0.05) is 6.07 Å². The van der Waals surface area contributed by atoms with Gasteiger partial charge >= 0.3 is 0 Å². The van der Waals surface area contributed by atoms with Gasteiger partial charge in [0.05, 0.1) is 0 Å². The van der Waals surface area contributed by atoms with Gasteiger partial charge in [-0.2, -0.15) is 0 Å². The maximum absolute atomic E-state index is 3.43. The number of rotatable bonds is 7. The third-order valence-corrected chi connectivity index (χ3v) is 2.84. The summed E-state index contributed by atoms with van der Waals surface area (Å²) in [6.07, 6.45) is 2.37. The van der Waals surface area contributed by atoms with Crippen molar-refractivity contribution in [1.29, 1.82) is 0 Å². The number of thiophene rings is 1. The first-order valence-electron chi connectivity index (χ1n) is 4.81. The minimum atomic E-state index is 1.10. The lowest BCUT2D eigenvalue weighted by atomic mass is 10.3. The molecule has 2 N–H and O–H groups in total. The Morgan fingerprint density at radius 2 is 2.23 bits per heavy atom. The molecule has 0 saturated carbocycles. The lowest BCUT2D eigenvalue weighted by molar-refractivity contribution is 0.626. The third kappa shape index (κ3) is 5.03. The normalized spacial score (nSPS) is 10.5. The molecular weight excluding hydrogens is 180 g/mol. The lowest BCUT2D eigenvalue weighted by Gasteiger charge is -2.02. The summed E-state index contributed by atoms with van der Waals surface area (Å²) in [4.78, 5) is 1.47. The van der Waals surface area contributed by atoms with Gasteiger partial charge in [0.1, 0.15) is 0 Å². The molecule has 13 heavy (non-hydrogen) atoms. The Hall–Kier alpha value is -0.380. The molecule has 0 saturated heterocycles. The van der Waals surface area contributed by atoms with Gasteiger partial charge in [-0.25, -0.2) is 0 Å². The molecule has 0 aliphatic heterocycles. The van der Waals surface area contributed by atoms with E-state index >= 15 is 0 Å². The van der Waals surface area contributed by atoms with Crippen molar-refractivity contribution in [3.8, 4) is 0 Å². The highest BCUT2D eigenvalue weighted by Gasteiger charge is 1.92. The summed E-state index contributed by atoms with van der Waals surface area (Å²) in [5.41, 5.74) is 0. The molecule has 1 aromatic heterocycles. The summed E-state index contributed by atoms with van der Waals surface area (Å²) < 4.78 is 0. The summed E-state index contributed by atoms with van der Waals surface area (Å²) >= 11 is 1.84. The highest BCUT2D eigenvalue weighted by molar-refractivity contribution is 7.09. The number of hydrogen-bond acceptors (Lipinski definition) is 3. The van der Waals surface area contributed by atoms with E-state index in [1.165, 1.54) is 11.3 Å². The van der Waals surface area contributed by atoms with Gasteiger partial charge in [0.25, 0.3) is 0 Å². The molecule has 1 heterocycles. The molecule has 1 aromatic rings. The van der Waals surface area contributed by atoms with Crippen LogP contribution >= 0.6 is 11.3 Å². The summed E-state index contributed by atoms with van der Waals surface area (Å²) in [6.45, 7) is 3.32. The molecule has 0 spiro atoms. The van der Waals surface area contributed by atoms with Crippen LogP contribution in [0.25, 0.3) is 0 Å². The van der Waals surface area contributed by atoms with Crippen molar-refractivity contribution in [3.05, 3.63) is 22.4 Å². The largest absolute Gasteiger partial charge is 0.320 e. The lowest BCUT2D eigenvalue weighted by Crippen LogP contribution is -2.21. The van der Waals surface area contributed by atoms with Crippen molar-refractivity contribution in [2.45, 2.75) is 12.8 Å². The van der Waals surface area contributed by atoms with Crippen LogP contribution in [0.4, 0.5) is 0 Å². The van der Waals surface area contributed by atoms with Crippen LogP contribution in [-0.2, 0) is 6.42 Å². The average molecular weight is 198 g/mol. The van der Waals surface area contributed by atoms with Crippen molar-refractivity contribution in [2.24, 2.45) is 0 Å². The van der Waals surface area contributed by atoms with Crippen LogP contribution in [0.5, 0.6) is 0 Å². The zero-order valence-corrected chi connectivity index (χ0v) is 8.99. The van der Waals surface area contributed by atoms with Gasteiger partial charge in [0.2, 0.25) is 0 Å². The van der Waals surface area contributed by atoms with Crippen LogP contribution in [0, 0.1) is 0 Å². The molecule has 74 valence electrons. The van der Waals surface area contributed by atoms with Gasteiger partial charge in [-0.15, -0.1) is 11.3 Å². The Kier molecular flexibility index (Phi) is 5.81. The summed E-state index contributed by atoms with van der Waals surface area (Å²) in [5.74, 6) is 0. The Morgan fingerprint density at radius 1 is 1.31 bits per heavy atom. The smallest absolute Gasteiger partial charge is 0.00578 e. The highest BCUT2D eigenvalue weighted by Crippen LogP contribution is 2.07. The second kappa shape index (κ2) is 7.06. The van der Waals surface area contributed by atoms with Crippen molar-refractivity contribution >= 4 is 11.3 Å². The molecule has 0 amide bonds. The molecule has 1 rings (SSSR count). The number of nitrogens with one attached hydrogen (secondary N) is 2. The highest BCUT2D eigenvalue weighted by atomic mass is 32.1. The second-order valence-electron chi connectivity index (χ2n) is 3.04. The average Bonchev–Trinajstić information content (AvgIpc) is 2.63. The standard InChI is InChI=1S/C10H18N2S/c1-11-6-3-7-12-8-5-10-4-2-9-13-10/h2,4,9,11-12H,3,5-8H2,1H3. The van der Waals surface area contributed by atoms with Crippen molar-refractivity contribution in [2.75, 3.05) is 26.7 Å². The van der Waals surface area contributed by atoms with Gasteiger partial charge in [-0.05, 0) is 51.0 Å². The van der Waals surface area contributed by atoms with Gasteiger partial charge in [-0.3, -0.25) is 0 Å². The van der Waals surface area contributed by atoms with Crippen LogP contribution < -0.4 is 10.6 Å². The van der Waals surface area contributed by atoms with Crippen LogP contribution in [0.15, 0.2) is 17.5 Å².